The molecule has 0 unspecified atom stereocenters. The third-order valence-corrected chi connectivity index (χ3v) is 6.27. The van der Waals surface area contributed by atoms with Gasteiger partial charge in [0.15, 0.2) is 0 Å². The summed E-state index contributed by atoms with van der Waals surface area (Å²) in [6.45, 7) is 2.19. The van der Waals surface area contributed by atoms with Crippen LogP contribution in [0, 0.1) is 0 Å². The van der Waals surface area contributed by atoms with Gasteiger partial charge in [0.2, 0.25) is 5.91 Å². The van der Waals surface area contributed by atoms with Gasteiger partial charge in [0.25, 0.3) is 0 Å². The molecule has 2 heterocycles. The molecule has 4 rings (SSSR count). The minimum atomic E-state index is 0.0581. The van der Waals surface area contributed by atoms with Crippen LogP contribution in [-0.4, -0.2) is 47.6 Å². The topological polar surface area (TPSA) is 74.7 Å². The minimum absolute atomic E-state index is 0.0581. The van der Waals surface area contributed by atoms with Gasteiger partial charge in [-0.2, -0.15) is 0 Å². The minimum Gasteiger partial charge on any atom is -0.507 e. The second-order valence-electron chi connectivity index (χ2n) is 7.87. The summed E-state index contributed by atoms with van der Waals surface area (Å²) in [5.74, 6) is 1.46. The van der Waals surface area contributed by atoms with Gasteiger partial charge in [-0.3, -0.25) is 4.79 Å². The molecular formula is C25H25Cl2N3O3. The zero-order valence-corrected chi connectivity index (χ0v) is 19.8. The molecule has 1 saturated heterocycles. The highest BCUT2D eigenvalue weighted by Crippen LogP contribution is 2.39. The van der Waals surface area contributed by atoms with Gasteiger partial charge < -0.3 is 20.1 Å². The van der Waals surface area contributed by atoms with Crippen molar-refractivity contribution in [1.82, 2.24) is 9.88 Å². The van der Waals surface area contributed by atoms with Crippen LogP contribution in [0.25, 0.3) is 22.4 Å². The summed E-state index contributed by atoms with van der Waals surface area (Å²) in [6, 6.07) is 14.2. The number of hydrogen-bond acceptors (Lipinski definition) is 5. The molecule has 1 aliphatic rings. The van der Waals surface area contributed by atoms with Crippen molar-refractivity contribution in [3.8, 4) is 33.9 Å². The van der Waals surface area contributed by atoms with Gasteiger partial charge >= 0.3 is 0 Å². The van der Waals surface area contributed by atoms with Crippen molar-refractivity contribution in [3.63, 3.8) is 0 Å². The average molecular weight is 486 g/mol. The number of phenols is 1. The fraction of sp³-hybridized carbons (Fsp3) is 0.280. The van der Waals surface area contributed by atoms with Crippen LogP contribution >= 0.6 is 23.2 Å². The molecule has 0 radical (unpaired) electrons. The lowest BCUT2D eigenvalue weighted by atomic mass is 10.0. The Morgan fingerprint density at radius 2 is 1.94 bits per heavy atom. The Balaban J connectivity index is 1.64. The highest BCUT2D eigenvalue weighted by molar-refractivity contribution is 6.39. The van der Waals surface area contributed by atoms with E-state index in [2.05, 4.69) is 5.32 Å². The molecule has 1 amide bonds. The molecule has 6 nitrogen and oxygen atoms in total. The van der Waals surface area contributed by atoms with Gasteiger partial charge in [0.05, 0.1) is 12.8 Å². The number of hydrogen-bond donors (Lipinski definition) is 2. The van der Waals surface area contributed by atoms with Crippen molar-refractivity contribution in [2.24, 2.45) is 0 Å². The molecule has 8 heteroatoms. The van der Waals surface area contributed by atoms with Gasteiger partial charge in [0.1, 0.15) is 17.3 Å². The highest BCUT2D eigenvalue weighted by Gasteiger charge is 2.19. The van der Waals surface area contributed by atoms with Crippen LogP contribution in [0.1, 0.15) is 19.3 Å². The normalized spacial score (nSPS) is 13.4. The van der Waals surface area contributed by atoms with Crippen molar-refractivity contribution in [2.45, 2.75) is 19.3 Å². The highest BCUT2D eigenvalue weighted by atomic mass is 35.5. The second-order valence-corrected chi connectivity index (χ2v) is 8.69. The van der Waals surface area contributed by atoms with Crippen LogP contribution < -0.4 is 10.1 Å². The number of methoxy groups -OCH3 is 1. The first-order valence-corrected chi connectivity index (χ1v) is 11.6. The number of rotatable bonds is 8. The van der Waals surface area contributed by atoms with Crippen molar-refractivity contribution >= 4 is 34.9 Å². The zero-order valence-electron chi connectivity index (χ0n) is 18.3. The molecule has 0 bridgehead atoms. The lowest BCUT2D eigenvalue weighted by Gasteiger charge is -2.16. The average Bonchev–Trinajstić information content (AvgIpc) is 3.21. The van der Waals surface area contributed by atoms with E-state index in [4.69, 9.17) is 32.9 Å². The van der Waals surface area contributed by atoms with E-state index in [1.807, 2.05) is 17.0 Å². The summed E-state index contributed by atoms with van der Waals surface area (Å²) in [6.07, 6.45) is 2.38. The summed E-state index contributed by atoms with van der Waals surface area (Å²) in [4.78, 5) is 18.4. The second kappa shape index (κ2) is 10.3. The number of pyridine rings is 1. The fourth-order valence-electron chi connectivity index (χ4n) is 3.96. The number of carbonyl (C=O) groups excluding carboxylic acids is 1. The molecule has 1 aliphatic heterocycles. The number of ether oxygens (including phenoxy) is 1. The van der Waals surface area contributed by atoms with Crippen molar-refractivity contribution in [2.75, 3.05) is 32.1 Å². The Kier molecular flexibility index (Phi) is 7.26. The van der Waals surface area contributed by atoms with E-state index < -0.39 is 0 Å². The lowest BCUT2D eigenvalue weighted by molar-refractivity contribution is -0.127. The van der Waals surface area contributed by atoms with Crippen molar-refractivity contribution in [1.29, 1.82) is 0 Å². The number of halogens is 2. The molecular weight excluding hydrogens is 461 g/mol. The van der Waals surface area contributed by atoms with Crippen LogP contribution in [0.3, 0.4) is 0 Å². The summed E-state index contributed by atoms with van der Waals surface area (Å²) in [5, 5.41) is 15.0. The molecule has 0 saturated carbocycles. The summed E-state index contributed by atoms with van der Waals surface area (Å²) >= 11 is 12.9. The van der Waals surface area contributed by atoms with E-state index >= 15 is 0 Å². The number of nitrogens with one attached hydrogen (secondary N) is 1. The van der Waals surface area contributed by atoms with Crippen molar-refractivity contribution < 1.29 is 14.6 Å². The number of anilines is 1. The Bertz CT molecular complexity index is 1150. The summed E-state index contributed by atoms with van der Waals surface area (Å²) < 4.78 is 5.19. The Morgan fingerprint density at radius 1 is 1.15 bits per heavy atom. The number of amides is 1. The number of likely N-dealkylation sites (tertiary alicyclic amines) is 1. The number of carbonyl (C=O) groups is 1. The molecule has 3 aromatic rings. The smallest absolute Gasteiger partial charge is 0.222 e. The van der Waals surface area contributed by atoms with Crippen molar-refractivity contribution in [3.05, 3.63) is 58.6 Å². The fourth-order valence-corrected chi connectivity index (χ4v) is 4.57. The first kappa shape index (κ1) is 23.2. The maximum atomic E-state index is 11.8. The van der Waals surface area contributed by atoms with Gasteiger partial charge in [-0.15, -0.1) is 0 Å². The van der Waals surface area contributed by atoms with E-state index in [0.29, 0.717) is 57.9 Å². The number of aromatic nitrogens is 1. The molecule has 2 aromatic carbocycles. The molecule has 33 heavy (non-hydrogen) atoms. The maximum Gasteiger partial charge on any atom is 0.222 e. The molecule has 0 aliphatic carbocycles. The quantitative estimate of drug-likeness (QED) is 0.390. The van der Waals surface area contributed by atoms with Crippen LogP contribution in [0.15, 0.2) is 48.5 Å². The van der Waals surface area contributed by atoms with Crippen LogP contribution in [0.4, 0.5) is 5.82 Å². The number of nitrogens with zero attached hydrogens (tertiary/aromatic N) is 2. The molecule has 1 fully saturated rings. The number of benzene rings is 2. The van der Waals surface area contributed by atoms with Gasteiger partial charge in [0, 0.05) is 53.3 Å². The molecule has 1 aromatic heterocycles. The molecule has 2 N–H and O–H groups in total. The standard InChI is InChI=1S/C25H25Cl2N3O3/c1-33-17-8-9-18(22(31)15-17)21-13-16(25-19(26)5-2-6-20(25)27)14-23(29-21)28-10-4-12-30-11-3-7-24(30)32/h2,5-6,8-9,13-15,31H,3-4,7,10-12H2,1H3,(H,28,29). The Hall–Kier alpha value is -2.96. The monoisotopic (exact) mass is 485 g/mol. The van der Waals surface area contributed by atoms with E-state index in [-0.39, 0.29) is 11.7 Å². The largest absolute Gasteiger partial charge is 0.507 e. The third kappa shape index (κ3) is 5.34. The Morgan fingerprint density at radius 3 is 2.61 bits per heavy atom. The number of aromatic hydroxyl groups is 1. The zero-order chi connectivity index (χ0) is 23.4. The van der Waals surface area contributed by atoms with Crippen LogP contribution in [-0.2, 0) is 4.79 Å². The van der Waals surface area contributed by atoms with E-state index in [0.717, 1.165) is 24.9 Å². The van der Waals surface area contributed by atoms with Gasteiger partial charge in [-0.05, 0) is 54.8 Å². The summed E-state index contributed by atoms with van der Waals surface area (Å²) in [5.41, 5.74) is 2.61. The first-order chi connectivity index (χ1) is 16.0. The molecule has 172 valence electrons. The molecule has 0 atom stereocenters. The van der Waals surface area contributed by atoms with E-state index in [1.165, 1.54) is 0 Å². The Labute approximate surface area is 203 Å². The van der Waals surface area contributed by atoms with Gasteiger partial charge in [-0.1, -0.05) is 29.3 Å². The predicted octanol–water partition coefficient (Wildman–Crippen LogP) is 5.86. The van der Waals surface area contributed by atoms with Gasteiger partial charge in [-0.25, -0.2) is 4.98 Å². The molecule has 0 spiro atoms. The van der Waals surface area contributed by atoms with E-state index in [9.17, 15) is 9.90 Å². The lowest BCUT2D eigenvalue weighted by Crippen LogP contribution is -2.27. The van der Waals surface area contributed by atoms with Crippen LogP contribution in [0.5, 0.6) is 11.5 Å². The maximum absolute atomic E-state index is 11.8. The SMILES string of the molecule is COc1ccc(-c2cc(-c3c(Cl)cccc3Cl)cc(NCCCN3CCCC3=O)n2)c(O)c1. The van der Waals surface area contributed by atoms with E-state index in [1.54, 1.807) is 43.5 Å². The predicted molar refractivity (Wildman–Crippen MR) is 132 cm³/mol. The number of phenolic OH excluding ortho intramolecular Hbond substituents is 1. The third-order valence-electron chi connectivity index (χ3n) is 5.64. The first-order valence-electron chi connectivity index (χ1n) is 10.8. The summed E-state index contributed by atoms with van der Waals surface area (Å²) in [7, 11) is 1.55. The van der Waals surface area contributed by atoms with Crippen LogP contribution in [0.2, 0.25) is 10.0 Å².